The predicted octanol–water partition coefficient (Wildman–Crippen LogP) is 3.41. The van der Waals surface area contributed by atoms with Gasteiger partial charge in [0, 0.05) is 18.0 Å². The molecule has 0 saturated carbocycles. The van der Waals surface area contributed by atoms with Gasteiger partial charge in [-0.3, -0.25) is 9.78 Å². The SMILES string of the molecule is CCCOc1c(Br)cc(/C=N\NC(=O)c2ccncc2)cc1OC. The highest BCUT2D eigenvalue weighted by atomic mass is 79.9. The number of hydrogen-bond acceptors (Lipinski definition) is 5. The lowest BCUT2D eigenvalue weighted by Crippen LogP contribution is -2.17. The zero-order valence-corrected chi connectivity index (χ0v) is 15.0. The fourth-order valence-corrected chi connectivity index (χ4v) is 2.47. The number of nitrogens with zero attached hydrogens (tertiary/aromatic N) is 2. The summed E-state index contributed by atoms with van der Waals surface area (Å²) in [5, 5.41) is 3.96. The number of halogens is 1. The van der Waals surface area contributed by atoms with E-state index in [1.165, 1.54) is 6.21 Å². The molecule has 0 bridgehead atoms. The Morgan fingerprint density at radius 2 is 2.12 bits per heavy atom. The Kier molecular flexibility index (Phi) is 6.74. The molecule has 0 saturated heterocycles. The molecule has 1 heterocycles. The van der Waals surface area contributed by atoms with Gasteiger partial charge in [-0.25, -0.2) is 5.43 Å². The predicted molar refractivity (Wildman–Crippen MR) is 95.8 cm³/mol. The average Bonchev–Trinajstić information content (AvgIpc) is 2.61. The van der Waals surface area contributed by atoms with E-state index in [-0.39, 0.29) is 5.91 Å². The first kappa shape index (κ1) is 17.9. The number of benzene rings is 1. The van der Waals surface area contributed by atoms with Crippen molar-refractivity contribution in [2.45, 2.75) is 13.3 Å². The van der Waals surface area contributed by atoms with Crippen LogP contribution in [0.1, 0.15) is 29.3 Å². The molecule has 7 heteroatoms. The smallest absolute Gasteiger partial charge is 0.271 e. The Hall–Kier alpha value is -2.41. The normalized spacial score (nSPS) is 10.6. The first-order chi connectivity index (χ1) is 11.7. The number of carbonyl (C=O) groups is 1. The number of hydrogen-bond donors (Lipinski definition) is 1. The van der Waals surface area contributed by atoms with Gasteiger partial charge in [-0.1, -0.05) is 6.92 Å². The summed E-state index contributed by atoms with van der Waals surface area (Å²) in [5.74, 6) is 0.944. The van der Waals surface area contributed by atoms with Crippen molar-refractivity contribution in [3.63, 3.8) is 0 Å². The van der Waals surface area contributed by atoms with Gasteiger partial charge in [0.15, 0.2) is 11.5 Å². The zero-order chi connectivity index (χ0) is 17.4. The number of methoxy groups -OCH3 is 1. The van der Waals surface area contributed by atoms with E-state index in [1.54, 1.807) is 37.7 Å². The van der Waals surface area contributed by atoms with Crippen molar-refractivity contribution in [1.82, 2.24) is 10.4 Å². The first-order valence-corrected chi connectivity index (χ1v) is 8.18. The molecule has 0 aliphatic heterocycles. The minimum atomic E-state index is -0.303. The van der Waals surface area contributed by atoms with Crippen LogP contribution < -0.4 is 14.9 Å². The Bertz CT molecular complexity index is 721. The third-order valence-corrected chi connectivity index (χ3v) is 3.61. The van der Waals surface area contributed by atoms with E-state index in [0.29, 0.717) is 23.7 Å². The number of nitrogens with one attached hydrogen (secondary N) is 1. The van der Waals surface area contributed by atoms with Gasteiger partial charge in [-0.15, -0.1) is 0 Å². The number of amides is 1. The monoisotopic (exact) mass is 391 g/mol. The van der Waals surface area contributed by atoms with E-state index in [1.807, 2.05) is 13.0 Å². The molecule has 126 valence electrons. The van der Waals surface area contributed by atoms with Gasteiger partial charge in [-0.05, 0) is 52.2 Å². The first-order valence-electron chi connectivity index (χ1n) is 7.39. The van der Waals surface area contributed by atoms with Gasteiger partial charge in [-0.2, -0.15) is 5.10 Å². The van der Waals surface area contributed by atoms with Crippen molar-refractivity contribution in [2.24, 2.45) is 5.10 Å². The molecule has 0 radical (unpaired) electrons. The molecular formula is C17H18BrN3O3. The van der Waals surface area contributed by atoms with Crippen LogP contribution in [0.3, 0.4) is 0 Å². The minimum absolute atomic E-state index is 0.303. The molecule has 24 heavy (non-hydrogen) atoms. The van der Waals surface area contributed by atoms with Crippen LogP contribution in [-0.4, -0.2) is 30.8 Å². The van der Waals surface area contributed by atoms with E-state index in [4.69, 9.17) is 9.47 Å². The van der Waals surface area contributed by atoms with Crippen molar-refractivity contribution in [2.75, 3.05) is 13.7 Å². The maximum Gasteiger partial charge on any atom is 0.271 e. The summed E-state index contributed by atoms with van der Waals surface area (Å²) in [6, 6.07) is 6.86. The van der Waals surface area contributed by atoms with E-state index >= 15 is 0 Å². The highest BCUT2D eigenvalue weighted by Gasteiger charge is 2.11. The molecule has 2 rings (SSSR count). The topological polar surface area (TPSA) is 72.8 Å². The van der Waals surface area contributed by atoms with Gasteiger partial charge in [0.05, 0.1) is 24.4 Å². The zero-order valence-electron chi connectivity index (χ0n) is 13.5. The minimum Gasteiger partial charge on any atom is -0.493 e. The van der Waals surface area contributed by atoms with E-state index in [9.17, 15) is 4.79 Å². The molecule has 0 aliphatic rings. The molecule has 0 spiro atoms. The van der Waals surface area contributed by atoms with Gasteiger partial charge >= 0.3 is 0 Å². The summed E-state index contributed by atoms with van der Waals surface area (Å²) in [7, 11) is 1.58. The summed E-state index contributed by atoms with van der Waals surface area (Å²) < 4.78 is 11.8. The molecule has 1 amide bonds. The molecule has 0 unspecified atom stereocenters. The number of carbonyl (C=O) groups excluding carboxylic acids is 1. The number of hydrazone groups is 1. The molecular weight excluding hydrogens is 374 g/mol. The van der Waals surface area contributed by atoms with Crippen LogP contribution in [0.5, 0.6) is 11.5 Å². The molecule has 1 aromatic heterocycles. The molecule has 0 fully saturated rings. The number of ether oxygens (including phenoxy) is 2. The average molecular weight is 392 g/mol. The summed E-state index contributed by atoms with van der Waals surface area (Å²) in [6.45, 7) is 2.64. The Labute approximate surface area is 149 Å². The van der Waals surface area contributed by atoms with Crippen LogP contribution in [-0.2, 0) is 0 Å². The summed E-state index contributed by atoms with van der Waals surface area (Å²) in [4.78, 5) is 15.8. The lowest BCUT2D eigenvalue weighted by molar-refractivity contribution is 0.0955. The van der Waals surface area contributed by atoms with Crippen molar-refractivity contribution < 1.29 is 14.3 Å². The fraction of sp³-hybridized carbons (Fsp3) is 0.235. The summed E-state index contributed by atoms with van der Waals surface area (Å²) in [6.07, 6.45) is 5.54. The van der Waals surface area contributed by atoms with Gasteiger partial charge in [0.1, 0.15) is 0 Å². The molecule has 1 aromatic carbocycles. The quantitative estimate of drug-likeness (QED) is 0.579. The van der Waals surface area contributed by atoms with Gasteiger partial charge < -0.3 is 9.47 Å². The third-order valence-electron chi connectivity index (χ3n) is 3.02. The van der Waals surface area contributed by atoms with Crippen LogP contribution in [0.15, 0.2) is 46.2 Å². The van der Waals surface area contributed by atoms with Crippen molar-refractivity contribution >= 4 is 28.1 Å². The molecule has 1 N–H and O–H groups in total. The standard InChI is InChI=1S/C17H18BrN3O3/c1-3-8-24-16-14(18)9-12(10-15(16)23-2)11-20-21-17(22)13-4-6-19-7-5-13/h4-7,9-11H,3,8H2,1-2H3,(H,21,22)/b20-11-. The highest BCUT2D eigenvalue weighted by Crippen LogP contribution is 2.36. The van der Waals surface area contributed by atoms with Crippen molar-refractivity contribution in [1.29, 1.82) is 0 Å². The fourth-order valence-electron chi connectivity index (χ4n) is 1.89. The molecule has 0 atom stereocenters. The van der Waals surface area contributed by atoms with E-state index in [2.05, 4.69) is 31.4 Å². The molecule has 2 aromatic rings. The van der Waals surface area contributed by atoms with Crippen LogP contribution >= 0.6 is 15.9 Å². The van der Waals surface area contributed by atoms with Crippen LogP contribution in [0.25, 0.3) is 0 Å². The van der Waals surface area contributed by atoms with Crippen molar-refractivity contribution in [3.8, 4) is 11.5 Å². The van der Waals surface area contributed by atoms with E-state index in [0.717, 1.165) is 16.5 Å². The van der Waals surface area contributed by atoms with Crippen LogP contribution in [0.4, 0.5) is 0 Å². The number of pyridine rings is 1. The highest BCUT2D eigenvalue weighted by molar-refractivity contribution is 9.10. The Balaban J connectivity index is 2.09. The van der Waals surface area contributed by atoms with Gasteiger partial charge in [0.2, 0.25) is 0 Å². The second kappa shape index (κ2) is 9.02. The summed E-state index contributed by atoms with van der Waals surface area (Å²) >= 11 is 3.47. The van der Waals surface area contributed by atoms with E-state index < -0.39 is 0 Å². The molecule has 6 nitrogen and oxygen atoms in total. The lowest BCUT2D eigenvalue weighted by atomic mass is 10.2. The van der Waals surface area contributed by atoms with Crippen LogP contribution in [0, 0.1) is 0 Å². The second-order valence-electron chi connectivity index (χ2n) is 4.82. The lowest BCUT2D eigenvalue weighted by Gasteiger charge is -2.12. The van der Waals surface area contributed by atoms with Crippen LogP contribution in [0.2, 0.25) is 0 Å². The largest absolute Gasteiger partial charge is 0.493 e. The number of rotatable bonds is 7. The number of aromatic nitrogens is 1. The maximum atomic E-state index is 11.9. The second-order valence-corrected chi connectivity index (χ2v) is 5.67. The Morgan fingerprint density at radius 1 is 1.38 bits per heavy atom. The van der Waals surface area contributed by atoms with Crippen molar-refractivity contribution in [3.05, 3.63) is 52.3 Å². The molecule has 0 aliphatic carbocycles. The summed E-state index contributed by atoms with van der Waals surface area (Å²) in [5.41, 5.74) is 3.72. The van der Waals surface area contributed by atoms with Gasteiger partial charge in [0.25, 0.3) is 5.91 Å². The Morgan fingerprint density at radius 3 is 2.79 bits per heavy atom. The third kappa shape index (κ3) is 4.79. The maximum absolute atomic E-state index is 11.9.